The van der Waals surface area contributed by atoms with Crippen LogP contribution in [0.2, 0.25) is 0 Å². The molecule has 18 heavy (non-hydrogen) atoms. The fourth-order valence-electron chi connectivity index (χ4n) is 1.14. The Labute approximate surface area is 115 Å². The second-order valence-corrected chi connectivity index (χ2v) is 4.60. The van der Waals surface area contributed by atoms with Gasteiger partial charge in [-0.1, -0.05) is 15.9 Å². The standard InChI is InChI=1S/C10H10BrClF3NO2/c11-6-1-2-9(18-10(13,14)15)8(3-6)16-5-7(17)4-12/h1-3,7,16-17H,4-5H2. The first kappa shape index (κ1) is 15.4. The molecule has 0 aliphatic carbocycles. The molecular weight excluding hydrogens is 338 g/mol. The molecule has 0 fully saturated rings. The summed E-state index contributed by atoms with van der Waals surface area (Å²) in [4.78, 5) is 0. The van der Waals surface area contributed by atoms with Gasteiger partial charge in [0.1, 0.15) is 0 Å². The average molecular weight is 349 g/mol. The van der Waals surface area contributed by atoms with E-state index in [4.69, 9.17) is 11.6 Å². The summed E-state index contributed by atoms with van der Waals surface area (Å²) < 4.78 is 40.9. The van der Waals surface area contributed by atoms with Crippen LogP contribution in [-0.4, -0.2) is 30.0 Å². The van der Waals surface area contributed by atoms with Crippen molar-refractivity contribution < 1.29 is 23.0 Å². The maximum absolute atomic E-state index is 12.2. The first-order valence-electron chi connectivity index (χ1n) is 4.85. The molecule has 1 rings (SSSR count). The van der Waals surface area contributed by atoms with Gasteiger partial charge in [-0.25, -0.2) is 0 Å². The Morgan fingerprint density at radius 1 is 1.44 bits per heavy atom. The molecular formula is C10H10BrClF3NO2. The van der Waals surface area contributed by atoms with Gasteiger partial charge < -0.3 is 15.2 Å². The number of alkyl halides is 4. The normalized spacial score (nSPS) is 13.2. The molecule has 0 saturated carbocycles. The molecule has 0 bridgehead atoms. The number of rotatable bonds is 5. The zero-order valence-electron chi connectivity index (χ0n) is 8.97. The van der Waals surface area contributed by atoms with Gasteiger partial charge in [-0.2, -0.15) is 0 Å². The summed E-state index contributed by atoms with van der Waals surface area (Å²) in [6.45, 7) is 0.0220. The summed E-state index contributed by atoms with van der Waals surface area (Å²) in [5, 5.41) is 11.9. The molecule has 1 atom stereocenters. The van der Waals surface area contributed by atoms with E-state index in [0.29, 0.717) is 4.47 Å². The van der Waals surface area contributed by atoms with Crippen LogP contribution in [0.5, 0.6) is 5.75 Å². The number of aliphatic hydroxyl groups excluding tert-OH is 1. The number of hydrogen-bond acceptors (Lipinski definition) is 3. The van der Waals surface area contributed by atoms with E-state index in [0.717, 1.165) is 0 Å². The van der Waals surface area contributed by atoms with Crippen molar-refractivity contribution in [3.05, 3.63) is 22.7 Å². The minimum atomic E-state index is -4.77. The number of aliphatic hydroxyl groups is 1. The number of hydrogen-bond donors (Lipinski definition) is 2. The third kappa shape index (κ3) is 5.32. The van der Waals surface area contributed by atoms with E-state index in [-0.39, 0.29) is 23.9 Å². The van der Waals surface area contributed by atoms with Crippen LogP contribution in [0.3, 0.4) is 0 Å². The first-order valence-corrected chi connectivity index (χ1v) is 6.18. The van der Waals surface area contributed by atoms with Crippen molar-refractivity contribution >= 4 is 33.2 Å². The van der Waals surface area contributed by atoms with Gasteiger partial charge in [-0.3, -0.25) is 0 Å². The summed E-state index contributed by atoms with van der Waals surface area (Å²) in [6, 6.07) is 4.01. The molecule has 1 aromatic rings. The highest BCUT2D eigenvalue weighted by atomic mass is 79.9. The summed E-state index contributed by atoms with van der Waals surface area (Å²) in [7, 11) is 0. The Balaban J connectivity index is 2.83. The van der Waals surface area contributed by atoms with Gasteiger partial charge >= 0.3 is 6.36 Å². The Bertz CT molecular complexity index is 403. The van der Waals surface area contributed by atoms with E-state index in [1.165, 1.54) is 18.2 Å². The van der Waals surface area contributed by atoms with Crippen LogP contribution in [0.25, 0.3) is 0 Å². The third-order valence-electron chi connectivity index (χ3n) is 1.87. The lowest BCUT2D eigenvalue weighted by molar-refractivity contribution is -0.274. The van der Waals surface area contributed by atoms with Crippen LogP contribution in [0.4, 0.5) is 18.9 Å². The highest BCUT2D eigenvalue weighted by Gasteiger charge is 2.32. The van der Waals surface area contributed by atoms with Crippen LogP contribution < -0.4 is 10.1 Å². The molecule has 3 nitrogen and oxygen atoms in total. The monoisotopic (exact) mass is 347 g/mol. The fourth-order valence-corrected chi connectivity index (χ4v) is 1.61. The van der Waals surface area contributed by atoms with E-state index in [2.05, 4.69) is 26.0 Å². The predicted molar refractivity (Wildman–Crippen MR) is 66.0 cm³/mol. The van der Waals surface area contributed by atoms with Gasteiger partial charge in [0.25, 0.3) is 0 Å². The van der Waals surface area contributed by atoms with Crippen molar-refractivity contribution in [1.29, 1.82) is 0 Å². The van der Waals surface area contributed by atoms with Crippen molar-refractivity contribution in [2.24, 2.45) is 0 Å². The molecule has 0 amide bonds. The molecule has 8 heteroatoms. The predicted octanol–water partition coefficient (Wildman–Crippen LogP) is 3.36. The molecule has 2 N–H and O–H groups in total. The van der Waals surface area contributed by atoms with E-state index in [9.17, 15) is 18.3 Å². The maximum atomic E-state index is 12.2. The minimum Gasteiger partial charge on any atom is -0.404 e. The zero-order valence-corrected chi connectivity index (χ0v) is 11.3. The topological polar surface area (TPSA) is 41.5 Å². The number of halogens is 5. The van der Waals surface area contributed by atoms with E-state index in [1.54, 1.807) is 0 Å². The summed E-state index contributed by atoms with van der Waals surface area (Å²) >= 11 is 8.52. The van der Waals surface area contributed by atoms with Gasteiger partial charge in [0, 0.05) is 11.0 Å². The van der Waals surface area contributed by atoms with Gasteiger partial charge in [-0.05, 0) is 18.2 Å². The molecule has 0 saturated heterocycles. The van der Waals surface area contributed by atoms with E-state index < -0.39 is 12.5 Å². The Morgan fingerprint density at radius 3 is 2.67 bits per heavy atom. The minimum absolute atomic E-state index is 0.0174. The van der Waals surface area contributed by atoms with Crippen LogP contribution in [0.1, 0.15) is 0 Å². The summed E-state index contributed by atoms with van der Waals surface area (Å²) in [6.07, 6.45) is -5.63. The van der Waals surface area contributed by atoms with Crippen molar-refractivity contribution in [3.63, 3.8) is 0 Å². The van der Waals surface area contributed by atoms with Crippen molar-refractivity contribution in [2.75, 3.05) is 17.7 Å². The lowest BCUT2D eigenvalue weighted by Gasteiger charge is -2.16. The molecule has 0 spiro atoms. The van der Waals surface area contributed by atoms with Crippen molar-refractivity contribution in [2.45, 2.75) is 12.5 Å². The highest BCUT2D eigenvalue weighted by molar-refractivity contribution is 9.10. The average Bonchev–Trinajstić information content (AvgIpc) is 2.27. The molecule has 0 heterocycles. The highest BCUT2D eigenvalue weighted by Crippen LogP contribution is 2.32. The van der Waals surface area contributed by atoms with Crippen molar-refractivity contribution in [1.82, 2.24) is 0 Å². The van der Waals surface area contributed by atoms with Crippen LogP contribution in [-0.2, 0) is 0 Å². The van der Waals surface area contributed by atoms with Crippen LogP contribution >= 0.6 is 27.5 Å². The number of anilines is 1. The third-order valence-corrected chi connectivity index (χ3v) is 2.72. The largest absolute Gasteiger partial charge is 0.573 e. The lowest BCUT2D eigenvalue weighted by atomic mass is 10.3. The van der Waals surface area contributed by atoms with E-state index in [1.807, 2.05) is 0 Å². The van der Waals surface area contributed by atoms with Gasteiger partial charge in [0.05, 0.1) is 17.7 Å². The Hall–Kier alpha value is -0.660. The maximum Gasteiger partial charge on any atom is 0.573 e. The van der Waals surface area contributed by atoms with Crippen molar-refractivity contribution in [3.8, 4) is 5.75 Å². The molecule has 102 valence electrons. The van der Waals surface area contributed by atoms with Crippen LogP contribution in [0.15, 0.2) is 22.7 Å². The number of benzene rings is 1. The SMILES string of the molecule is OC(CCl)CNc1cc(Br)ccc1OC(F)(F)F. The second-order valence-electron chi connectivity index (χ2n) is 3.38. The molecule has 0 aliphatic rings. The first-order chi connectivity index (χ1) is 8.31. The van der Waals surface area contributed by atoms with Gasteiger partial charge in [0.2, 0.25) is 0 Å². The Kier molecular flexibility index (Phi) is 5.55. The smallest absolute Gasteiger partial charge is 0.404 e. The second kappa shape index (κ2) is 6.49. The molecule has 0 radical (unpaired) electrons. The molecule has 0 aliphatic heterocycles. The lowest BCUT2D eigenvalue weighted by Crippen LogP contribution is -2.22. The summed E-state index contributed by atoms with van der Waals surface area (Å²) in [5.74, 6) is -0.385. The Morgan fingerprint density at radius 2 is 2.11 bits per heavy atom. The van der Waals surface area contributed by atoms with Gasteiger partial charge in [-0.15, -0.1) is 24.8 Å². The molecule has 1 aromatic carbocycles. The molecule has 0 aromatic heterocycles. The fraction of sp³-hybridized carbons (Fsp3) is 0.400. The van der Waals surface area contributed by atoms with E-state index >= 15 is 0 Å². The quantitative estimate of drug-likeness (QED) is 0.802. The number of ether oxygens (including phenoxy) is 1. The zero-order chi connectivity index (χ0) is 13.8. The van der Waals surface area contributed by atoms with Crippen LogP contribution in [0, 0.1) is 0 Å². The van der Waals surface area contributed by atoms with Gasteiger partial charge in [0.15, 0.2) is 5.75 Å². The molecule has 1 unspecified atom stereocenters. The number of nitrogens with one attached hydrogen (secondary N) is 1. The summed E-state index contributed by atoms with van der Waals surface area (Å²) in [5.41, 5.74) is 0.117.